The van der Waals surface area contributed by atoms with E-state index in [0.29, 0.717) is 0 Å². The van der Waals surface area contributed by atoms with Gasteiger partial charge in [0.15, 0.2) is 0 Å². The first-order valence-corrected chi connectivity index (χ1v) is 4.53. The summed E-state index contributed by atoms with van der Waals surface area (Å²) >= 11 is 0. The van der Waals surface area contributed by atoms with Crippen LogP contribution in [0.15, 0.2) is 6.07 Å². The van der Waals surface area contributed by atoms with Crippen LogP contribution in [0.25, 0.3) is 0 Å². The molecule has 0 saturated heterocycles. The van der Waals surface area contributed by atoms with Crippen molar-refractivity contribution in [2.24, 2.45) is 0 Å². The third-order valence-corrected chi connectivity index (χ3v) is 2.50. The predicted octanol–water partition coefficient (Wildman–Crippen LogP) is 2.59. The highest BCUT2D eigenvalue weighted by molar-refractivity contribution is 5.26. The fourth-order valence-corrected chi connectivity index (χ4v) is 1.94. The van der Waals surface area contributed by atoms with E-state index in [0.717, 1.165) is 0 Å². The van der Waals surface area contributed by atoms with Gasteiger partial charge in [-0.25, -0.2) is 0 Å². The van der Waals surface area contributed by atoms with Gasteiger partial charge in [0.25, 0.3) is 0 Å². The van der Waals surface area contributed by atoms with Crippen LogP contribution >= 0.6 is 0 Å². The molecule has 0 unspecified atom stereocenters. The van der Waals surface area contributed by atoms with Gasteiger partial charge in [-0.15, -0.1) is 0 Å². The van der Waals surface area contributed by atoms with E-state index >= 15 is 0 Å². The Kier molecular flexibility index (Phi) is 1.72. The highest BCUT2D eigenvalue weighted by Crippen LogP contribution is 2.20. The van der Waals surface area contributed by atoms with Crippen LogP contribution in [-0.4, -0.2) is 4.98 Å². The van der Waals surface area contributed by atoms with Crippen LogP contribution in [0.3, 0.4) is 0 Å². The summed E-state index contributed by atoms with van der Waals surface area (Å²) < 4.78 is 0. The van der Waals surface area contributed by atoms with E-state index in [4.69, 9.17) is 0 Å². The average molecular weight is 149 g/mol. The lowest BCUT2D eigenvalue weighted by Gasteiger charge is -1.94. The van der Waals surface area contributed by atoms with Crippen molar-refractivity contribution in [3.63, 3.8) is 0 Å². The minimum Gasteiger partial charge on any atom is -0.362 e. The molecule has 11 heavy (non-hydrogen) atoms. The van der Waals surface area contributed by atoms with Crippen molar-refractivity contribution in [3.8, 4) is 0 Å². The summed E-state index contributed by atoms with van der Waals surface area (Å²) in [5.41, 5.74) is 4.40. The van der Waals surface area contributed by atoms with Crippen LogP contribution in [0.2, 0.25) is 0 Å². The minimum atomic E-state index is 1.27. The number of nitrogens with one attached hydrogen (secondary N) is 1. The van der Waals surface area contributed by atoms with Crippen molar-refractivity contribution < 1.29 is 0 Å². The van der Waals surface area contributed by atoms with Gasteiger partial charge in [-0.05, 0) is 44.2 Å². The number of aromatic amines is 1. The molecule has 1 heteroatoms. The molecule has 0 aromatic carbocycles. The Balaban J connectivity index is 2.32. The van der Waals surface area contributed by atoms with Crippen LogP contribution in [0.1, 0.15) is 36.2 Å². The van der Waals surface area contributed by atoms with E-state index in [9.17, 15) is 0 Å². The minimum absolute atomic E-state index is 1.27. The van der Waals surface area contributed by atoms with E-state index in [1.807, 2.05) is 0 Å². The number of hydrogen-bond donors (Lipinski definition) is 1. The molecule has 0 atom stereocenters. The molecule has 1 aliphatic carbocycles. The molecule has 1 N–H and O–H groups in total. The van der Waals surface area contributed by atoms with Gasteiger partial charge in [-0.1, -0.05) is 6.42 Å². The Bertz CT molecular complexity index is 224. The SMILES string of the molecule is Cc1cc2c([nH]1)CCCCC2. The Morgan fingerprint density at radius 3 is 2.91 bits per heavy atom. The fourth-order valence-electron chi connectivity index (χ4n) is 1.94. The van der Waals surface area contributed by atoms with Crippen molar-refractivity contribution in [1.82, 2.24) is 4.98 Å². The zero-order valence-corrected chi connectivity index (χ0v) is 7.11. The van der Waals surface area contributed by atoms with Crippen LogP contribution in [-0.2, 0) is 12.8 Å². The lowest BCUT2D eigenvalue weighted by Crippen LogP contribution is -1.85. The largest absolute Gasteiger partial charge is 0.362 e. The number of rotatable bonds is 0. The summed E-state index contributed by atoms with van der Waals surface area (Å²) in [5.74, 6) is 0. The van der Waals surface area contributed by atoms with E-state index in [1.54, 1.807) is 5.56 Å². The summed E-state index contributed by atoms with van der Waals surface area (Å²) in [6, 6.07) is 2.31. The van der Waals surface area contributed by atoms with Crippen molar-refractivity contribution in [2.75, 3.05) is 0 Å². The van der Waals surface area contributed by atoms with E-state index in [1.165, 1.54) is 43.5 Å². The predicted molar refractivity (Wildman–Crippen MR) is 46.8 cm³/mol. The first-order chi connectivity index (χ1) is 5.36. The molecule has 1 aromatic rings. The first kappa shape index (κ1) is 6.96. The maximum atomic E-state index is 3.44. The summed E-state index contributed by atoms with van der Waals surface area (Å²) in [7, 11) is 0. The van der Waals surface area contributed by atoms with Crippen LogP contribution in [0.5, 0.6) is 0 Å². The molecule has 1 nitrogen and oxygen atoms in total. The molecule has 1 aliphatic rings. The zero-order chi connectivity index (χ0) is 7.68. The maximum Gasteiger partial charge on any atom is 0.0181 e. The number of fused-ring (bicyclic) bond motifs is 1. The summed E-state index contributed by atoms with van der Waals surface area (Å²) in [6.07, 6.45) is 6.71. The Morgan fingerprint density at radius 2 is 2.00 bits per heavy atom. The van der Waals surface area contributed by atoms with Crippen molar-refractivity contribution in [1.29, 1.82) is 0 Å². The summed E-state index contributed by atoms with van der Waals surface area (Å²) in [5, 5.41) is 0. The highest BCUT2D eigenvalue weighted by atomic mass is 14.7. The van der Waals surface area contributed by atoms with Crippen LogP contribution < -0.4 is 0 Å². The first-order valence-electron chi connectivity index (χ1n) is 4.53. The zero-order valence-electron chi connectivity index (χ0n) is 7.11. The molecule has 0 saturated carbocycles. The molecule has 1 aromatic heterocycles. The Morgan fingerprint density at radius 1 is 1.18 bits per heavy atom. The smallest absolute Gasteiger partial charge is 0.0181 e. The number of aryl methyl sites for hydroxylation is 3. The second-order valence-electron chi connectivity index (χ2n) is 3.52. The molecule has 0 aliphatic heterocycles. The van der Waals surface area contributed by atoms with Crippen molar-refractivity contribution in [2.45, 2.75) is 39.0 Å². The third-order valence-electron chi connectivity index (χ3n) is 2.50. The van der Waals surface area contributed by atoms with E-state index < -0.39 is 0 Å². The molecular formula is C10H15N. The Labute approximate surface area is 67.8 Å². The Hall–Kier alpha value is -0.720. The third kappa shape index (κ3) is 1.32. The number of aromatic nitrogens is 1. The average Bonchev–Trinajstić information content (AvgIpc) is 2.17. The van der Waals surface area contributed by atoms with Crippen LogP contribution in [0.4, 0.5) is 0 Å². The second kappa shape index (κ2) is 2.72. The lowest BCUT2D eigenvalue weighted by molar-refractivity contribution is 0.706. The number of hydrogen-bond acceptors (Lipinski definition) is 0. The van der Waals surface area contributed by atoms with Crippen LogP contribution in [0, 0.1) is 6.92 Å². The van der Waals surface area contributed by atoms with Gasteiger partial charge in [-0.3, -0.25) is 0 Å². The van der Waals surface area contributed by atoms with Gasteiger partial charge in [0.2, 0.25) is 0 Å². The molecule has 0 amide bonds. The van der Waals surface area contributed by atoms with E-state index in [-0.39, 0.29) is 0 Å². The molecular weight excluding hydrogens is 134 g/mol. The molecule has 0 bridgehead atoms. The fraction of sp³-hybridized carbons (Fsp3) is 0.600. The topological polar surface area (TPSA) is 15.8 Å². The van der Waals surface area contributed by atoms with Crippen molar-refractivity contribution in [3.05, 3.63) is 23.0 Å². The lowest BCUT2D eigenvalue weighted by atomic mass is 10.1. The van der Waals surface area contributed by atoms with Gasteiger partial charge in [0, 0.05) is 11.4 Å². The quantitative estimate of drug-likeness (QED) is 0.546. The monoisotopic (exact) mass is 149 g/mol. The standard InChI is InChI=1S/C10H15N/c1-8-7-9-5-3-2-4-6-10(9)11-8/h7,11H,2-6H2,1H3. The van der Waals surface area contributed by atoms with Gasteiger partial charge < -0.3 is 4.98 Å². The van der Waals surface area contributed by atoms with E-state index in [2.05, 4.69) is 18.0 Å². The molecule has 0 fully saturated rings. The van der Waals surface area contributed by atoms with Gasteiger partial charge in [0.05, 0.1) is 0 Å². The molecule has 0 spiro atoms. The summed E-state index contributed by atoms with van der Waals surface area (Å²) in [6.45, 7) is 2.15. The van der Waals surface area contributed by atoms with Gasteiger partial charge in [-0.2, -0.15) is 0 Å². The molecule has 1 heterocycles. The maximum absolute atomic E-state index is 3.44. The van der Waals surface area contributed by atoms with Gasteiger partial charge in [0.1, 0.15) is 0 Å². The molecule has 2 rings (SSSR count). The van der Waals surface area contributed by atoms with Gasteiger partial charge >= 0.3 is 0 Å². The number of H-pyrrole nitrogens is 1. The second-order valence-corrected chi connectivity index (χ2v) is 3.52. The normalized spacial score (nSPS) is 17.5. The molecule has 60 valence electrons. The summed E-state index contributed by atoms with van der Waals surface area (Å²) in [4.78, 5) is 3.44. The van der Waals surface area contributed by atoms with Crippen molar-refractivity contribution >= 4 is 0 Å². The highest BCUT2D eigenvalue weighted by Gasteiger charge is 2.08. The molecule has 0 radical (unpaired) electrons.